The lowest BCUT2D eigenvalue weighted by atomic mass is 9.43. The smallest absolute Gasteiger partial charge is 0.139 e. The van der Waals surface area contributed by atoms with Crippen LogP contribution in [0.15, 0.2) is 5.16 Å². The number of hydrogen-bond donors (Lipinski definition) is 1. The molecule has 0 radical (unpaired) electrons. The fourth-order valence-corrected chi connectivity index (χ4v) is 7.33. The molecule has 5 heteroatoms. The molecule has 4 rings (SSSR count). The molecule has 4 saturated carbocycles. The standard InChI is InChI=1S/C22H33N3O2/c1-21-7-5-15(25-27-10-9-23)12-19(21)14(13-24)11-16-17-3-4-20(26)22(17,2)8-6-18(16)21/h14,16-19H,3-12,23H2,1-2H3/b25-15-/t14-,16+,17+,18+,19?,21-,22+/m1/s1. The summed E-state index contributed by atoms with van der Waals surface area (Å²) in [4.78, 5) is 17.9. The number of nitrogens with zero attached hydrogens (tertiary/aromatic N) is 2. The molecular weight excluding hydrogens is 338 g/mol. The van der Waals surface area contributed by atoms with Crippen LogP contribution in [0.25, 0.3) is 0 Å². The number of carbonyl (C=O) groups is 1. The monoisotopic (exact) mass is 371 g/mol. The van der Waals surface area contributed by atoms with E-state index in [-0.39, 0.29) is 16.7 Å². The summed E-state index contributed by atoms with van der Waals surface area (Å²) in [5, 5.41) is 14.3. The molecule has 4 aliphatic rings. The van der Waals surface area contributed by atoms with Crippen molar-refractivity contribution in [2.45, 2.75) is 65.2 Å². The Balaban J connectivity index is 1.60. The van der Waals surface area contributed by atoms with Crippen LogP contribution >= 0.6 is 0 Å². The number of fused-ring (bicyclic) bond motifs is 5. The number of carbonyl (C=O) groups excluding carboxylic acids is 1. The van der Waals surface area contributed by atoms with Gasteiger partial charge in [0.15, 0.2) is 0 Å². The normalized spacial score (nSPS) is 47.7. The molecule has 0 aromatic rings. The third kappa shape index (κ3) is 2.83. The van der Waals surface area contributed by atoms with Gasteiger partial charge >= 0.3 is 0 Å². The average Bonchev–Trinajstić information content (AvgIpc) is 2.96. The Hall–Kier alpha value is -1.41. The summed E-state index contributed by atoms with van der Waals surface area (Å²) in [7, 11) is 0. The predicted molar refractivity (Wildman–Crippen MR) is 104 cm³/mol. The minimum absolute atomic E-state index is 0.0642. The fraction of sp³-hybridized carbons (Fsp3) is 0.864. The lowest BCUT2D eigenvalue weighted by Crippen LogP contribution is -2.56. The largest absolute Gasteiger partial charge is 0.395 e. The van der Waals surface area contributed by atoms with Gasteiger partial charge in [0.25, 0.3) is 0 Å². The Bertz CT molecular complexity index is 684. The van der Waals surface area contributed by atoms with Crippen molar-refractivity contribution < 1.29 is 9.63 Å². The first kappa shape index (κ1) is 18.9. The Labute approximate surface area is 162 Å². The summed E-state index contributed by atoms with van der Waals surface area (Å²) in [5.74, 6) is 2.56. The molecule has 0 amide bonds. The molecular formula is C22H33N3O2. The molecule has 4 aliphatic carbocycles. The van der Waals surface area contributed by atoms with Gasteiger partial charge in [-0.25, -0.2) is 0 Å². The van der Waals surface area contributed by atoms with Gasteiger partial charge < -0.3 is 10.6 Å². The summed E-state index contributed by atoms with van der Waals surface area (Å²) in [6, 6.07) is 2.65. The highest BCUT2D eigenvalue weighted by atomic mass is 16.6. The molecule has 0 heterocycles. The molecule has 1 unspecified atom stereocenters. The van der Waals surface area contributed by atoms with Gasteiger partial charge in [0.05, 0.1) is 17.7 Å². The quantitative estimate of drug-likeness (QED) is 0.605. The van der Waals surface area contributed by atoms with Gasteiger partial charge in [0.1, 0.15) is 12.4 Å². The maximum absolute atomic E-state index is 12.6. The molecule has 0 bridgehead atoms. The molecule has 0 aromatic carbocycles. The molecule has 2 N–H and O–H groups in total. The topological polar surface area (TPSA) is 88.5 Å². The van der Waals surface area contributed by atoms with Gasteiger partial charge in [-0.05, 0) is 74.0 Å². The van der Waals surface area contributed by atoms with Crippen LogP contribution in [-0.4, -0.2) is 24.6 Å². The maximum Gasteiger partial charge on any atom is 0.139 e. The van der Waals surface area contributed by atoms with Crippen LogP contribution in [-0.2, 0) is 9.63 Å². The van der Waals surface area contributed by atoms with Crippen molar-refractivity contribution in [2.24, 2.45) is 51.3 Å². The van der Waals surface area contributed by atoms with E-state index < -0.39 is 0 Å². The number of hydrogen-bond acceptors (Lipinski definition) is 5. The number of oxime groups is 1. The Morgan fingerprint density at radius 3 is 2.78 bits per heavy atom. The van der Waals surface area contributed by atoms with E-state index in [1.807, 2.05) is 0 Å². The van der Waals surface area contributed by atoms with E-state index in [4.69, 9.17) is 10.6 Å². The molecule has 4 fully saturated rings. The molecule has 0 aliphatic heterocycles. The van der Waals surface area contributed by atoms with Crippen LogP contribution < -0.4 is 5.73 Å². The van der Waals surface area contributed by atoms with E-state index in [1.165, 1.54) is 0 Å². The van der Waals surface area contributed by atoms with Crippen LogP contribution in [0.3, 0.4) is 0 Å². The predicted octanol–water partition coefficient (Wildman–Crippen LogP) is 3.68. The van der Waals surface area contributed by atoms with Crippen molar-refractivity contribution in [3.8, 4) is 6.07 Å². The highest BCUT2D eigenvalue weighted by Gasteiger charge is 2.62. The first-order valence-corrected chi connectivity index (χ1v) is 10.7. The van der Waals surface area contributed by atoms with E-state index >= 15 is 0 Å². The molecule has 27 heavy (non-hydrogen) atoms. The zero-order chi connectivity index (χ0) is 19.2. The third-order valence-electron chi connectivity index (χ3n) is 8.83. The number of nitrogens with two attached hydrogens (primary N) is 1. The Kier molecular flexibility index (Phi) is 4.83. The molecule has 7 atom stereocenters. The minimum Gasteiger partial charge on any atom is -0.395 e. The zero-order valence-electron chi connectivity index (χ0n) is 16.7. The van der Waals surface area contributed by atoms with Crippen molar-refractivity contribution in [1.29, 1.82) is 5.26 Å². The minimum atomic E-state index is -0.123. The number of nitriles is 1. The van der Waals surface area contributed by atoms with E-state index in [9.17, 15) is 10.1 Å². The Morgan fingerprint density at radius 1 is 1.22 bits per heavy atom. The van der Waals surface area contributed by atoms with Crippen LogP contribution in [0.2, 0.25) is 0 Å². The molecule has 5 nitrogen and oxygen atoms in total. The second kappa shape index (κ2) is 6.88. The Morgan fingerprint density at radius 2 is 2.04 bits per heavy atom. The fourth-order valence-electron chi connectivity index (χ4n) is 7.33. The number of Topliss-reactive ketones (excluding diaryl/α,β-unsaturated/α-hetero) is 1. The van der Waals surface area contributed by atoms with Crippen LogP contribution in [0.1, 0.15) is 65.2 Å². The van der Waals surface area contributed by atoms with Crippen molar-refractivity contribution in [2.75, 3.05) is 13.2 Å². The highest BCUT2D eigenvalue weighted by Crippen LogP contribution is 2.66. The van der Waals surface area contributed by atoms with Gasteiger partial charge in [-0.2, -0.15) is 5.26 Å². The SMILES string of the molecule is C[C@]12CC/C(=N/OCCN)CC1[C@@H](C#N)C[C@@H]1[C@@H]2CC[C@]2(C)C(=O)CC[C@@H]12. The van der Waals surface area contributed by atoms with Gasteiger partial charge in [0.2, 0.25) is 0 Å². The lowest BCUT2D eigenvalue weighted by Gasteiger charge is -2.60. The molecule has 0 aromatic heterocycles. The van der Waals surface area contributed by atoms with Gasteiger partial charge in [-0.3, -0.25) is 4.79 Å². The maximum atomic E-state index is 12.6. The highest BCUT2D eigenvalue weighted by molar-refractivity contribution is 5.87. The van der Waals surface area contributed by atoms with Gasteiger partial charge in [-0.1, -0.05) is 19.0 Å². The molecule has 148 valence electrons. The molecule has 0 spiro atoms. The first-order valence-electron chi connectivity index (χ1n) is 10.7. The third-order valence-corrected chi connectivity index (χ3v) is 8.83. The van der Waals surface area contributed by atoms with Crippen molar-refractivity contribution in [3.05, 3.63) is 0 Å². The van der Waals surface area contributed by atoms with Crippen LogP contribution in [0.4, 0.5) is 0 Å². The number of ketones is 1. The van der Waals surface area contributed by atoms with Gasteiger partial charge in [0, 0.05) is 18.4 Å². The van der Waals surface area contributed by atoms with E-state index in [2.05, 4.69) is 25.1 Å². The van der Waals surface area contributed by atoms with E-state index in [1.54, 1.807) is 0 Å². The van der Waals surface area contributed by atoms with Crippen molar-refractivity contribution in [3.63, 3.8) is 0 Å². The second-order valence-corrected chi connectivity index (χ2v) is 9.86. The van der Waals surface area contributed by atoms with Gasteiger partial charge in [-0.15, -0.1) is 0 Å². The average molecular weight is 372 g/mol. The van der Waals surface area contributed by atoms with Crippen molar-refractivity contribution in [1.82, 2.24) is 0 Å². The van der Waals surface area contributed by atoms with Crippen LogP contribution in [0.5, 0.6) is 0 Å². The second-order valence-electron chi connectivity index (χ2n) is 9.86. The lowest BCUT2D eigenvalue weighted by molar-refractivity contribution is -0.139. The van der Waals surface area contributed by atoms with Crippen molar-refractivity contribution >= 4 is 11.5 Å². The van der Waals surface area contributed by atoms with Crippen LogP contribution in [0, 0.1) is 51.8 Å². The molecule has 0 saturated heterocycles. The van der Waals surface area contributed by atoms with E-state index in [0.717, 1.165) is 57.1 Å². The van der Waals surface area contributed by atoms with E-state index in [0.29, 0.717) is 42.6 Å². The first-order chi connectivity index (χ1) is 12.9. The summed E-state index contributed by atoms with van der Waals surface area (Å²) in [5.41, 5.74) is 6.65. The number of rotatable bonds is 3. The summed E-state index contributed by atoms with van der Waals surface area (Å²) in [6.45, 7) is 5.56. The summed E-state index contributed by atoms with van der Waals surface area (Å²) in [6.07, 6.45) is 7.85. The zero-order valence-corrected chi connectivity index (χ0v) is 16.7. The summed E-state index contributed by atoms with van der Waals surface area (Å²) < 4.78 is 0. The summed E-state index contributed by atoms with van der Waals surface area (Å²) >= 11 is 0.